The molecule has 3 heterocycles. The number of carbonyl (C=O) groups excluding carboxylic acids is 1. The number of fused-ring (bicyclic) bond motifs is 1. The highest BCUT2D eigenvalue weighted by Gasteiger charge is 2.38. The van der Waals surface area contributed by atoms with Crippen LogP contribution in [0.4, 0.5) is 13.2 Å². The standard InChI is InChI=1S/C16H12F3N5O2S/c1-8-2-5-26-13(8)11-9(6-20)10-12(14(27)23-7-22-10)24(11)4-3-21-15(25)16(17,18)19/h2,5,7H,3-4H2,1H3,(H,21,25)(H,22,23,27). The Kier molecular flexibility index (Phi) is 4.75. The van der Waals surface area contributed by atoms with Crippen molar-refractivity contribution in [3.8, 4) is 17.5 Å². The summed E-state index contributed by atoms with van der Waals surface area (Å²) in [5.74, 6) is -1.67. The maximum absolute atomic E-state index is 12.4. The van der Waals surface area contributed by atoms with Crippen LogP contribution >= 0.6 is 12.2 Å². The fourth-order valence-electron chi connectivity index (χ4n) is 2.75. The smallest absolute Gasteiger partial charge is 0.462 e. The minimum Gasteiger partial charge on any atom is -0.462 e. The molecular weight excluding hydrogens is 383 g/mol. The number of aromatic amines is 1. The Hall–Kier alpha value is -3.13. The highest BCUT2D eigenvalue weighted by Crippen LogP contribution is 2.34. The number of halogens is 3. The van der Waals surface area contributed by atoms with Gasteiger partial charge in [0, 0.05) is 13.1 Å². The maximum atomic E-state index is 12.4. The van der Waals surface area contributed by atoms with Crippen LogP contribution in [0.1, 0.15) is 11.1 Å². The molecule has 0 saturated heterocycles. The van der Waals surface area contributed by atoms with Crippen molar-refractivity contribution >= 4 is 29.2 Å². The van der Waals surface area contributed by atoms with Crippen LogP contribution in [0.3, 0.4) is 0 Å². The Labute approximate surface area is 155 Å². The number of furan rings is 1. The number of hydrogen-bond donors (Lipinski definition) is 2. The van der Waals surface area contributed by atoms with Crippen LogP contribution in [0.2, 0.25) is 0 Å². The third-order valence-electron chi connectivity index (χ3n) is 3.91. The molecule has 27 heavy (non-hydrogen) atoms. The van der Waals surface area contributed by atoms with Gasteiger partial charge in [0.05, 0.1) is 12.6 Å². The maximum Gasteiger partial charge on any atom is 0.471 e. The number of alkyl halides is 3. The van der Waals surface area contributed by atoms with E-state index in [2.05, 4.69) is 16.0 Å². The number of aryl methyl sites for hydroxylation is 1. The van der Waals surface area contributed by atoms with Gasteiger partial charge in [-0.25, -0.2) is 4.98 Å². The van der Waals surface area contributed by atoms with E-state index in [0.29, 0.717) is 22.5 Å². The van der Waals surface area contributed by atoms with Crippen molar-refractivity contribution in [2.45, 2.75) is 19.6 Å². The number of nitrogens with one attached hydrogen (secondary N) is 2. The third kappa shape index (κ3) is 3.31. The molecule has 0 bridgehead atoms. The van der Waals surface area contributed by atoms with Gasteiger partial charge in [0.15, 0.2) is 5.76 Å². The predicted molar refractivity (Wildman–Crippen MR) is 91.1 cm³/mol. The van der Waals surface area contributed by atoms with E-state index < -0.39 is 12.1 Å². The lowest BCUT2D eigenvalue weighted by molar-refractivity contribution is -0.173. The van der Waals surface area contributed by atoms with Gasteiger partial charge in [0.25, 0.3) is 0 Å². The molecule has 0 unspecified atom stereocenters. The normalized spacial score (nSPS) is 11.5. The highest BCUT2D eigenvalue weighted by atomic mass is 32.1. The predicted octanol–water partition coefficient (Wildman–Crippen LogP) is 3.21. The van der Waals surface area contributed by atoms with Crippen molar-refractivity contribution in [3.05, 3.63) is 34.4 Å². The van der Waals surface area contributed by atoms with E-state index >= 15 is 0 Å². The molecule has 0 aliphatic carbocycles. The van der Waals surface area contributed by atoms with E-state index in [1.54, 1.807) is 18.3 Å². The molecule has 3 aromatic rings. The molecule has 1 amide bonds. The van der Waals surface area contributed by atoms with E-state index in [9.17, 15) is 23.2 Å². The first-order valence-corrected chi connectivity index (χ1v) is 8.06. The Morgan fingerprint density at radius 2 is 2.26 bits per heavy atom. The van der Waals surface area contributed by atoms with E-state index in [0.717, 1.165) is 5.56 Å². The Bertz CT molecular complexity index is 1120. The lowest BCUT2D eigenvalue weighted by Crippen LogP contribution is -2.38. The van der Waals surface area contributed by atoms with Gasteiger partial charge in [-0.05, 0) is 18.6 Å². The summed E-state index contributed by atoms with van der Waals surface area (Å²) >= 11 is 5.26. The molecule has 0 spiro atoms. The zero-order chi connectivity index (χ0) is 19.8. The number of H-pyrrole nitrogens is 1. The zero-order valence-corrected chi connectivity index (χ0v) is 14.7. The van der Waals surface area contributed by atoms with Crippen LogP contribution in [0.15, 0.2) is 23.1 Å². The molecule has 11 heteroatoms. The molecule has 0 aromatic carbocycles. The second-order valence-electron chi connectivity index (χ2n) is 5.60. The number of nitrogens with zero attached hydrogens (tertiary/aromatic N) is 3. The molecule has 0 atom stereocenters. The van der Waals surface area contributed by atoms with E-state index in [1.807, 2.05) is 0 Å². The molecule has 0 saturated carbocycles. The van der Waals surface area contributed by atoms with E-state index in [4.69, 9.17) is 16.6 Å². The number of amides is 1. The van der Waals surface area contributed by atoms with E-state index in [-0.39, 0.29) is 23.3 Å². The van der Waals surface area contributed by atoms with Gasteiger partial charge < -0.3 is 19.3 Å². The molecule has 0 fully saturated rings. The van der Waals surface area contributed by atoms with Crippen LogP contribution in [-0.2, 0) is 11.3 Å². The quantitative estimate of drug-likeness (QED) is 0.661. The lowest BCUT2D eigenvalue weighted by atomic mass is 10.1. The summed E-state index contributed by atoms with van der Waals surface area (Å²) < 4.78 is 44.5. The molecular formula is C16H12F3N5O2S. The number of rotatable bonds is 4. The minimum absolute atomic E-state index is 0.0708. The summed E-state index contributed by atoms with van der Waals surface area (Å²) in [4.78, 5) is 17.9. The Morgan fingerprint density at radius 3 is 2.85 bits per heavy atom. The lowest BCUT2D eigenvalue weighted by Gasteiger charge is -2.12. The van der Waals surface area contributed by atoms with Gasteiger partial charge in [-0.2, -0.15) is 18.4 Å². The van der Waals surface area contributed by atoms with Gasteiger partial charge in [-0.15, -0.1) is 0 Å². The molecule has 3 aromatic heterocycles. The van der Waals surface area contributed by atoms with Crippen LogP contribution < -0.4 is 5.32 Å². The number of hydrogen-bond acceptors (Lipinski definition) is 5. The third-order valence-corrected chi connectivity index (χ3v) is 4.22. The topological polar surface area (TPSA) is 99.6 Å². The van der Waals surface area contributed by atoms with Gasteiger partial charge in [-0.1, -0.05) is 12.2 Å². The summed E-state index contributed by atoms with van der Waals surface area (Å²) in [5, 5.41) is 11.4. The van der Waals surface area contributed by atoms with Gasteiger partial charge in [-0.3, -0.25) is 4.79 Å². The summed E-state index contributed by atoms with van der Waals surface area (Å²) in [6.07, 6.45) is -2.21. The van der Waals surface area contributed by atoms with Crippen molar-refractivity contribution in [2.75, 3.05) is 6.54 Å². The fourth-order valence-corrected chi connectivity index (χ4v) is 3.01. The van der Waals surface area contributed by atoms with Gasteiger partial charge in [0.2, 0.25) is 0 Å². The van der Waals surface area contributed by atoms with Gasteiger partial charge in [0.1, 0.15) is 33.0 Å². The van der Waals surface area contributed by atoms with Gasteiger partial charge >= 0.3 is 12.1 Å². The number of nitriles is 1. The van der Waals surface area contributed by atoms with Crippen LogP contribution in [-0.4, -0.2) is 33.2 Å². The van der Waals surface area contributed by atoms with Crippen LogP contribution in [0.25, 0.3) is 22.5 Å². The number of carbonyl (C=O) groups is 1. The first-order chi connectivity index (χ1) is 12.8. The van der Waals surface area contributed by atoms with Crippen LogP contribution in [0.5, 0.6) is 0 Å². The second kappa shape index (κ2) is 6.88. The SMILES string of the molecule is Cc1ccoc1-c1c(C#N)c2nc[nH]c(=S)c2n1CCNC(=O)C(F)(F)F. The molecule has 0 radical (unpaired) electrons. The Balaban J connectivity index is 2.13. The molecule has 0 aliphatic heterocycles. The molecule has 3 rings (SSSR count). The monoisotopic (exact) mass is 395 g/mol. The average molecular weight is 395 g/mol. The largest absolute Gasteiger partial charge is 0.471 e. The summed E-state index contributed by atoms with van der Waals surface area (Å²) in [6, 6.07) is 3.75. The molecule has 2 N–H and O–H groups in total. The fraction of sp³-hybridized carbons (Fsp3) is 0.250. The van der Waals surface area contributed by atoms with Crippen molar-refractivity contribution in [3.63, 3.8) is 0 Å². The van der Waals surface area contributed by atoms with Crippen molar-refractivity contribution in [1.82, 2.24) is 19.9 Å². The highest BCUT2D eigenvalue weighted by molar-refractivity contribution is 7.71. The van der Waals surface area contributed by atoms with Crippen molar-refractivity contribution in [2.24, 2.45) is 0 Å². The minimum atomic E-state index is -4.98. The number of aromatic nitrogens is 3. The molecule has 140 valence electrons. The van der Waals surface area contributed by atoms with E-state index in [1.165, 1.54) is 17.2 Å². The average Bonchev–Trinajstić information content (AvgIpc) is 3.15. The van der Waals surface area contributed by atoms with Crippen molar-refractivity contribution < 1.29 is 22.4 Å². The summed E-state index contributed by atoms with van der Waals surface area (Å²) in [7, 11) is 0. The first kappa shape index (κ1) is 18.7. The van der Waals surface area contributed by atoms with Crippen LogP contribution in [0, 0.1) is 22.9 Å². The first-order valence-electron chi connectivity index (χ1n) is 7.65. The summed E-state index contributed by atoms with van der Waals surface area (Å²) in [6.45, 7) is 1.36. The molecule has 0 aliphatic rings. The summed E-state index contributed by atoms with van der Waals surface area (Å²) in [5.41, 5.74) is 1.93. The Morgan fingerprint density at radius 1 is 1.52 bits per heavy atom. The zero-order valence-electron chi connectivity index (χ0n) is 13.8. The van der Waals surface area contributed by atoms with Crippen molar-refractivity contribution in [1.29, 1.82) is 5.26 Å². The second-order valence-corrected chi connectivity index (χ2v) is 6.01. The molecule has 7 nitrogen and oxygen atoms in total.